The third-order valence-corrected chi connectivity index (χ3v) is 4.06. The number of pyridine rings is 1. The molecule has 0 bridgehead atoms. The van der Waals surface area contributed by atoms with Gasteiger partial charge in [0.1, 0.15) is 0 Å². The molecule has 22 heavy (non-hydrogen) atoms. The molecular weight excluding hydrogens is 278 g/mol. The van der Waals surface area contributed by atoms with Gasteiger partial charge in [0.05, 0.1) is 7.11 Å². The van der Waals surface area contributed by atoms with Crippen molar-refractivity contribution >= 4 is 6.09 Å². The monoisotopic (exact) mass is 305 g/mol. The van der Waals surface area contributed by atoms with E-state index in [0.717, 1.165) is 25.0 Å². The molecule has 1 heterocycles. The van der Waals surface area contributed by atoms with Crippen LogP contribution in [0.2, 0.25) is 0 Å². The summed E-state index contributed by atoms with van der Waals surface area (Å²) in [6.45, 7) is 4.95. The Morgan fingerprint density at radius 1 is 1.50 bits per heavy atom. The van der Waals surface area contributed by atoms with Crippen molar-refractivity contribution in [3.05, 3.63) is 29.1 Å². The van der Waals surface area contributed by atoms with Gasteiger partial charge in [-0.25, -0.2) is 4.79 Å². The minimum absolute atomic E-state index is 0.345. The molecule has 5 nitrogen and oxygen atoms in total. The lowest BCUT2D eigenvalue weighted by atomic mass is 10.0. The van der Waals surface area contributed by atoms with Crippen LogP contribution >= 0.6 is 0 Å². The highest BCUT2D eigenvalue weighted by Gasteiger charge is 2.23. The second-order valence-corrected chi connectivity index (χ2v) is 5.91. The van der Waals surface area contributed by atoms with Crippen molar-refractivity contribution in [2.24, 2.45) is 0 Å². The van der Waals surface area contributed by atoms with Crippen molar-refractivity contribution in [2.45, 2.75) is 58.0 Å². The Morgan fingerprint density at radius 2 is 2.27 bits per heavy atom. The Bertz CT molecular complexity index is 501. The maximum atomic E-state index is 11.0. The topological polar surface area (TPSA) is 63.2 Å². The van der Waals surface area contributed by atoms with Crippen LogP contribution in [0.4, 0.5) is 4.79 Å². The highest BCUT2D eigenvalue weighted by molar-refractivity contribution is 5.66. The van der Waals surface area contributed by atoms with Gasteiger partial charge < -0.3 is 15.4 Å². The summed E-state index contributed by atoms with van der Waals surface area (Å²) in [4.78, 5) is 15.7. The summed E-state index contributed by atoms with van der Waals surface area (Å²) >= 11 is 0. The number of aromatic nitrogens is 1. The lowest BCUT2D eigenvalue weighted by molar-refractivity contribution is 0.171. The van der Waals surface area contributed by atoms with Gasteiger partial charge in [-0.1, -0.05) is 13.0 Å². The Morgan fingerprint density at radius 3 is 2.91 bits per heavy atom. The van der Waals surface area contributed by atoms with Gasteiger partial charge in [0, 0.05) is 30.5 Å². The summed E-state index contributed by atoms with van der Waals surface area (Å²) in [5.74, 6) is 0. The standard InChI is InChI=1S/C17H27N3O2/c1-4-16-13(6-5-9-18-17(21)22-3)10-14(11-19-16)12(2)20-15-7-8-15/h10-12,15,20H,4-9H2,1-3H3,(H,18,21). The van der Waals surface area contributed by atoms with E-state index >= 15 is 0 Å². The van der Waals surface area contributed by atoms with Crippen LogP contribution in [0, 0.1) is 0 Å². The largest absolute Gasteiger partial charge is 0.453 e. The second kappa shape index (κ2) is 8.13. The highest BCUT2D eigenvalue weighted by Crippen LogP contribution is 2.24. The SMILES string of the molecule is CCc1ncc(C(C)NC2CC2)cc1CCCNC(=O)OC. The maximum absolute atomic E-state index is 11.0. The molecule has 1 aliphatic rings. The number of ether oxygens (including phenoxy) is 1. The van der Waals surface area contributed by atoms with Crippen LogP contribution in [0.3, 0.4) is 0 Å². The van der Waals surface area contributed by atoms with Crippen molar-refractivity contribution in [2.75, 3.05) is 13.7 Å². The van der Waals surface area contributed by atoms with Gasteiger partial charge in [-0.15, -0.1) is 0 Å². The molecule has 1 aromatic heterocycles. The fourth-order valence-corrected chi connectivity index (χ4v) is 2.57. The Balaban J connectivity index is 1.93. The summed E-state index contributed by atoms with van der Waals surface area (Å²) in [6, 6.07) is 3.30. The van der Waals surface area contributed by atoms with Crippen molar-refractivity contribution in [3.8, 4) is 0 Å². The van der Waals surface area contributed by atoms with Crippen LogP contribution in [-0.2, 0) is 17.6 Å². The van der Waals surface area contributed by atoms with E-state index in [0.29, 0.717) is 18.6 Å². The molecule has 1 aliphatic carbocycles. The van der Waals surface area contributed by atoms with E-state index in [9.17, 15) is 4.79 Å². The summed E-state index contributed by atoms with van der Waals surface area (Å²) in [7, 11) is 1.38. The zero-order chi connectivity index (χ0) is 15.9. The highest BCUT2D eigenvalue weighted by atomic mass is 16.5. The molecule has 0 saturated heterocycles. The number of alkyl carbamates (subject to hydrolysis) is 1. The predicted octanol–water partition coefficient (Wildman–Crippen LogP) is 2.75. The van der Waals surface area contributed by atoms with Gasteiger partial charge in [-0.05, 0) is 50.2 Å². The summed E-state index contributed by atoms with van der Waals surface area (Å²) in [5.41, 5.74) is 3.69. The third kappa shape index (κ3) is 4.98. The summed E-state index contributed by atoms with van der Waals surface area (Å²) in [6.07, 6.45) is 6.94. The quantitative estimate of drug-likeness (QED) is 0.725. The number of carbonyl (C=O) groups excluding carboxylic acids is 1. The summed E-state index contributed by atoms with van der Waals surface area (Å²) < 4.78 is 4.57. The van der Waals surface area contributed by atoms with E-state index in [1.165, 1.54) is 31.1 Å². The zero-order valence-electron chi connectivity index (χ0n) is 13.8. The molecule has 1 atom stereocenters. The molecule has 0 aliphatic heterocycles. The zero-order valence-corrected chi connectivity index (χ0v) is 13.8. The minimum Gasteiger partial charge on any atom is -0.453 e. The van der Waals surface area contributed by atoms with Crippen LogP contribution in [-0.4, -0.2) is 30.8 Å². The molecule has 1 unspecified atom stereocenters. The van der Waals surface area contributed by atoms with E-state index in [4.69, 9.17) is 0 Å². The molecule has 1 saturated carbocycles. The van der Waals surface area contributed by atoms with Gasteiger partial charge in [-0.2, -0.15) is 0 Å². The number of carbonyl (C=O) groups is 1. The number of aryl methyl sites for hydroxylation is 2. The Labute approximate surface area is 132 Å². The molecule has 2 N–H and O–H groups in total. The number of nitrogens with zero attached hydrogens (tertiary/aromatic N) is 1. The smallest absolute Gasteiger partial charge is 0.406 e. The molecule has 5 heteroatoms. The van der Waals surface area contributed by atoms with Gasteiger partial charge in [-0.3, -0.25) is 4.98 Å². The van der Waals surface area contributed by atoms with E-state index in [2.05, 4.69) is 40.3 Å². The Hall–Kier alpha value is -1.62. The number of hydrogen-bond acceptors (Lipinski definition) is 4. The first-order chi connectivity index (χ1) is 10.6. The fourth-order valence-electron chi connectivity index (χ4n) is 2.57. The van der Waals surface area contributed by atoms with Gasteiger partial charge in [0.25, 0.3) is 0 Å². The molecule has 0 aromatic carbocycles. The molecule has 2 rings (SSSR count). The molecule has 1 amide bonds. The van der Waals surface area contributed by atoms with E-state index in [1.807, 2.05) is 6.20 Å². The van der Waals surface area contributed by atoms with Crippen molar-refractivity contribution < 1.29 is 9.53 Å². The van der Waals surface area contributed by atoms with Crippen LogP contribution in [0.25, 0.3) is 0 Å². The molecule has 122 valence electrons. The van der Waals surface area contributed by atoms with Crippen LogP contribution in [0.5, 0.6) is 0 Å². The third-order valence-electron chi connectivity index (χ3n) is 4.06. The number of hydrogen-bond donors (Lipinski definition) is 2. The van der Waals surface area contributed by atoms with Crippen LogP contribution in [0.1, 0.15) is 56.0 Å². The minimum atomic E-state index is -0.371. The van der Waals surface area contributed by atoms with E-state index in [1.54, 1.807) is 0 Å². The average molecular weight is 305 g/mol. The number of rotatable bonds is 8. The molecule has 0 spiro atoms. The number of amides is 1. The Kier molecular flexibility index (Phi) is 6.19. The van der Waals surface area contributed by atoms with Crippen molar-refractivity contribution in [1.29, 1.82) is 0 Å². The predicted molar refractivity (Wildman–Crippen MR) is 86.9 cm³/mol. The first-order valence-corrected chi connectivity index (χ1v) is 8.19. The van der Waals surface area contributed by atoms with Crippen LogP contribution < -0.4 is 10.6 Å². The second-order valence-electron chi connectivity index (χ2n) is 5.91. The molecule has 1 aromatic rings. The molecule has 1 fully saturated rings. The number of methoxy groups -OCH3 is 1. The molecular formula is C17H27N3O2. The first kappa shape index (κ1) is 16.7. The fraction of sp³-hybridized carbons (Fsp3) is 0.647. The lowest BCUT2D eigenvalue weighted by Crippen LogP contribution is -2.24. The molecule has 0 radical (unpaired) electrons. The first-order valence-electron chi connectivity index (χ1n) is 8.19. The van der Waals surface area contributed by atoms with Gasteiger partial charge in [0.2, 0.25) is 0 Å². The maximum Gasteiger partial charge on any atom is 0.406 e. The van der Waals surface area contributed by atoms with Crippen LogP contribution in [0.15, 0.2) is 12.3 Å². The van der Waals surface area contributed by atoms with Gasteiger partial charge >= 0.3 is 6.09 Å². The van der Waals surface area contributed by atoms with Gasteiger partial charge in [0.15, 0.2) is 0 Å². The average Bonchev–Trinajstić information content (AvgIpc) is 3.34. The van der Waals surface area contributed by atoms with Crippen molar-refractivity contribution in [1.82, 2.24) is 15.6 Å². The number of nitrogens with one attached hydrogen (secondary N) is 2. The van der Waals surface area contributed by atoms with E-state index < -0.39 is 0 Å². The lowest BCUT2D eigenvalue weighted by Gasteiger charge is -2.16. The van der Waals surface area contributed by atoms with Crippen molar-refractivity contribution in [3.63, 3.8) is 0 Å². The normalized spacial score (nSPS) is 15.4. The van der Waals surface area contributed by atoms with E-state index in [-0.39, 0.29) is 6.09 Å². The summed E-state index contributed by atoms with van der Waals surface area (Å²) in [5, 5.41) is 6.33.